The second kappa shape index (κ2) is 8.74. The fourth-order valence-corrected chi connectivity index (χ4v) is 6.86. The van der Waals surface area contributed by atoms with Gasteiger partial charge in [-0.15, -0.1) is 0 Å². The van der Waals surface area contributed by atoms with Crippen LogP contribution >= 0.6 is 0 Å². The molecule has 2 fully saturated rings. The number of hydrogen-bond donors (Lipinski definition) is 1. The molecular weight excluding hydrogens is 444 g/mol. The highest BCUT2D eigenvalue weighted by Crippen LogP contribution is 2.46. The summed E-state index contributed by atoms with van der Waals surface area (Å²) >= 11 is 0. The highest BCUT2D eigenvalue weighted by Gasteiger charge is 2.40. The van der Waals surface area contributed by atoms with Gasteiger partial charge < -0.3 is 14.8 Å². The van der Waals surface area contributed by atoms with E-state index in [2.05, 4.69) is 84.8 Å². The molecule has 6 rings (SSSR count). The Balaban J connectivity index is 1.33. The van der Waals surface area contributed by atoms with Crippen LogP contribution in [0.5, 0.6) is 0 Å². The van der Waals surface area contributed by atoms with Crippen molar-refractivity contribution in [3.8, 4) is 0 Å². The maximum Gasteiger partial charge on any atom is 0.195 e. The van der Waals surface area contributed by atoms with Crippen LogP contribution in [0.25, 0.3) is 10.9 Å². The van der Waals surface area contributed by atoms with Crippen LogP contribution in [0.4, 0.5) is 5.69 Å². The molecule has 0 amide bonds. The van der Waals surface area contributed by atoms with Gasteiger partial charge in [0.25, 0.3) is 0 Å². The lowest BCUT2D eigenvalue weighted by atomic mass is 9.70. The summed E-state index contributed by atoms with van der Waals surface area (Å²) in [6.07, 6.45) is 3.38. The number of aryl methyl sites for hydroxylation is 2. The maximum absolute atomic E-state index is 13.9. The topological polar surface area (TPSA) is 42.6 Å². The predicted molar refractivity (Wildman–Crippen MR) is 149 cm³/mol. The fourth-order valence-electron chi connectivity index (χ4n) is 6.86. The van der Waals surface area contributed by atoms with Crippen molar-refractivity contribution in [1.29, 1.82) is 0 Å². The molecule has 1 aromatic heterocycles. The molecule has 0 saturated carbocycles. The van der Waals surface area contributed by atoms with Gasteiger partial charge in [-0.3, -0.25) is 9.69 Å². The molecule has 5 heteroatoms. The van der Waals surface area contributed by atoms with E-state index in [0.29, 0.717) is 6.04 Å². The molecule has 2 aliphatic heterocycles. The third kappa shape index (κ3) is 3.71. The maximum atomic E-state index is 13.9. The Kier molecular flexibility index (Phi) is 5.77. The zero-order chi connectivity index (χ0) is 25.2. The quantitative estimate of drug-likeness (QED) is 0.560. The van der Waals surface area contributed by atoms with Gasteiger partial charge in [-0.05, 0) is 68.1 Å². The second-order valence-electron chi connectivity index (χ2n) is 11.8. The van der Waals surface area contributed by atoms with E-state index >= 15 is 0 Å². The van der Waals surface area contributed by atoms with E-state index in [1.165, 1.54) is 55.8 Å². The average Bonchev–Trinajstić information content (AvgIpc) is 3.27. The normalized spacial score (nSPS) is 21.1. The van der Waals surface area contributed by atoms with Gasteiger partial charge in [0.2, 0.25) is 0 Å². The van der Waals surface area contributed by atoms with E-state index in [-0.39, 0.29) is 11.2 Å². The Morgan fingerprint density at radius 2 is 1.72 bits per heavy atom. The second-order valence-corrected chi connectivity index (χ2v) is 11.8. The van der Waals surface area contributed by atoms with Gasteiger partial charge >= 0.3 is 0 Å². The predicted octanol–water partition coefficient (Wildman–Crippen LogP) is 5.13. The van der Waals surface area contributed by atoms with E-state index in [4.69, 9.17) is 0 Å². The van der Waals surface area contributed by atoms with E-state index in [1.807, 2.05) is 0 Å². The number of rotatable bonds is 3. The van der Waals surface area contributed by atoms with Gasteiger partial charge in [0.05, 0.1) is 5.56 Å². The number of piperidine rings is 1. The van der Waals surface area contributed by atoms with Crippen molar-refractivity contribution < 1.29 is 4.79 Å². The van der Waals surface area contributed by atoms with Crippen LogP contribution in [0, 0.1) is 6.92 Å². The summed E-state index contributed by atoms with van der Waals surface area (Å²) in [7, 11) is 2.23. The first-order valence-electron chi connectivity index (χ1n) is 13.8. The number of piperazine rings is 1. The van der Waals surface area contributed by atoms with Crippen LogP contribution in [0.3, 0.4) is 0 Å². The number of fused-ring (bicyclic) bond motifs is 4. The summed E-state index contributed by atoms with van der Waals surface area (Å²) in [5.74, 6) is 0.171. The molecule has 0 atom stereocenters. The molecule has 2 saturated heterocycles. The fraction of sp³-hybridized carbons (Fsp3) is 0.516. The van der Waals surface area contributed by atoms with Crippen LogP contribution in [0.2, 0.25) is 0 Å². The molecule has 0 radical (unpaired) electrons. The number of ketones is 1. The zero-order valence-electron chi connectivity index (χ0n) is 22.6. The van der Waals surface area contributed by atoms with Crippen molar-refractivity contribution in [1.82, 2.24) is 14.8 Å². The van der Waals surface area contributed by atoms with Crippen molar-refractivity contribution in [2.75, 3.05) is 51.2 Å². The first-order valence-corrected chi connectivity index (χ1v) is 13.8. The number of hydrogen-bond acceptors (Lipinski definition) is 4. The molecule has 0 bridgehead atoms. The van der Waals surface area contributed by atoms with Crippen LogP contribution in [0.15, 0.2) is 30.3 Å². The zero-order valence-corrected chi connectivity index (χ0v) is 22.6. The Morgan fingerprint density at radius 3 is 2.42 bits per heavy atom. The summed E-state index contributed by atoms with van der Waals surface area (Å²) in [5, 5.41) is 1.05. The Labute approximate surface area is 215 Å². The van der Waals surface area contributed by atoms with Gasteiger partial charge in [-0.2, -0.15) is 0 Å². The molecule has 3 aliphatic rings. The van der Waals surface area contributed by atoms with Gasteiger partial charge in [0, 0.05) is 78.6 Å². The van der Waals surface area contributed by atoms with Crippen molar-refractivity contribution >= 4 is 22.4 Å². The van der Waals surface area contributed by atoms with E-state index in [0.717, 1.165) is 52.8 Å². The molecule has 2 aromatic carbocycles. The summed E-state index contributed by atoms with van der Waals surface area (Å²) in [5.41, 5.74) is 8.63. The molecular formula is C31H40N4O. The van der Waals surface area contributed by atoms with Crippen molar-refractivity contribution in [2.24, 2.45) is 0 Å². The number of nitrogens with one attached hydrogen (secondary N) is 1. The smallest absolute Gasteiger partial charge is 0.195 e. The van der Waals surface area contributed by atoms with Crippen molar-refractivity contribution in [2.45, 2.75) is 58.4 Å². The minimum atomic E-state index is -0.259. The number of anilines is 1. The number of carbonyl (C=O) groups excluding carboxylic acids is 1. The number of nitrogens with zero attached hydrogens (tertiary/aromatic N) is 3. The molecule has 5 nitrogen and oxygen atoms in total. The molecule has 1 N–H and O–H groups in total. The van der Waals surface area contributed by atoms with Gasteiger partial charge in [0.1, 0.15) is 0 Å². The lowest BCUT2D eigenvalue weighted by Crippen LogP contribution is -2.52. The third-order valence-electron chi connectivity index (χ3n) is 9.18. The standard InChI is InChI=1S/C31H40N4O/c1-6-21-18-24-25(19-27(21)35-11-9-22(10-12-35)34-15-13-33(5)14-16-34)31(3,4)30-28(29(24)36)23-8-7-20(2)17-26(23)32-30/h7-8,17-19,22,32H,6,9-16H2,1-5H3. The first-order chi connectivity index (χ1) is 17.3. The minimum absolute atomic E-state index is 0.171. The highest BCUT2D eigenvalue weighted by molar-refractivity contribution is 6.20. The molecule has 36 heavy (non-hydrogen) atoms. The van der Waals surface area contributed by atoms with Crippen LogP contribution in [0.1, 0.15) is 71.9 Å². The van der Waals surface area contributed by atoms with E-state index < -0.39 is 0 Å². The Hall–Kier alpha value is -2.63. The summed E-state index contributed by atoms with van der Waals surface area (Å²) in [6, 6.07) is 11.7. The number of carbonyl (C=O) groups is 1. The monoisotopic (exact) mass is 484 g/mol. The molecule has 0 spiro atoms. The van der Waals surface area contributed by atoms with Crippen LogP contribution in [-0.4, -0.2) is 72.9 Å². The molecule has 190 valence electrons. The van der Waals surface area contributed by atoms with Crippen LogP contribution in [-0.2, 0) is 11.8 Å². The molecule has 3 aromatic rings. The van der Waals surface area contributed by atoms with E-state index in [9.17, 15) is 4.79 Å². The summed E-state index contributed by atoms with van der Waals surface area (Å²) in [4.78, 5) is 25.3. The lowest BCUT2D eigenvalue weighted by molar-refractivity contribution is 0.0982. The number of benzene rings is 2. The number of aromatic nitrogens is 1. The third-order valence-corrected chi connectivity index (χ3v) is 9.18. The number of aromatic amines is 1. The number of H-pyrrole nitrogens is 1. The van der Waals surface area contributed by atoms with Crippen LogP contribution < -0.4 is 4.90 Å². The summed E-state index contributed by atoms with van der Waals surface area (Å²) in [6.45, 7) is 15.8. The SMILES string of the molecule is CCc1cc2c(cc1N1CCC(N3CCN(C)CC3)CC1)C(C)(C)c1[nH]c3cc(C)ccc3c1C2=O. The Bertz CT molecular complexity index is 1320. The lowest BCUT2D eigenvalue weighted by Gasteiger charge is -2.43. The number of likely N-dealkylation sites (N-methyl/N-ethyl adjacent to an activating group) is 1. The average molecular weight is 485 g/mol. The van der Waals surface area contributed by atoms with Gasteiger partial charge in [-0.25, -0.2) is 0 Å². The van der Waals surface area contributed by atoms with Gasteiger partial charge in [-0.1, -0.05) is 32.9 Å². The molecule has 3 heterocycles. The van der Waals surface area contributed by atoms with Crippen molar-refractivity contribution in [3.05, 3.63) is 63.8 Å². The molecule has 1 aliphatic carbocycles. The highest BCUT2D eigenvalue weighted by atomic mass is 16.1. The van der Waals surface area contributed by atoms with Gasteiger partial charge in [0.15, 0.2) is 5.78 Å². The summed E-state index contributed by atoms with van der Waals surface area (Å²) < 4.78 is 0. The largest absolute Gasteiger partial charge is 0.371 e. The Morgan fingerprint density at radius 1 is 1.00 bits per heavy atom. The first kappa shape index (κ1) is 23.7. The van der Waals surface area contributed by atoms with Crippen molar-refractivity contribution in [3.63, 3.8) is 0 Å². The minimum Gasteiger partial charge on any atom is -0.371 e. The molecule has 0 unspecified atom stereocenters. The van der Waals surface area contributed by atoms with E-state index in [1.54, 1.807) is 0 Å².